The molecule has 3 heterocycles. The molecule has 2 aliphatic heterocycles. The Bertz CT molecular complexity index is 1530. The van der Waals surface area contributed by atoms with Gasteiger partial charge in [-0.15, -0.1) is 11.8 Å². The second-order valence-corrected chi connectivity index (χ2v) is 11.1. The van der Waals surface area contributed by atoms with Gasteiger partial charge in [-0.1, -0.05) is 29.8 Å². The molecule has 0 bridgehead atoms. The predicted octanol–water partition coefficient (Wildman–Crippen LogP) is 4.99. The average molecular weight is 581 g/mol. The Balaban J connectivity index is 1.76. The van der Waals surface area contributed by atoms with E-state index in [1.807, 2.05) is 11.8 Å². The first-order valence-corrected chi connectivity index (χ1v) is 13.6. The van der Waals surface area contributed by atoms with Crippen LogP contribution in [0.1, 0.15) is 6.92 Å². The zero-order chi connectivity index (χ0) is 27.3. The van der Waals surface area contributed by atoms with Crippen LogP contribution in [0.3, 0.4) is 0 Å². The van der Waals surface area contributed by atoms with Gasteiger partial charge in [0.25, 0.3) is 0 Å². The number of amides is 1. The van der Waals surface area contributed by atoms with Gasteiger partial charge in [0.2, 0.25) is 5.91 Å². The van der Waals surface area contributed by atoms with Crippen LogP contribution < -0.4 is 10.6 Å². The number of rotatable bonds is 4. The Morgan fingerprint density at radius 3 is 2.63 bits per heavy atom. The molecule has 2 aliphatic rings. The Morgan fingerprint density at radius 2 is 1.95 bits per heavy atom. The largest absolute Gasteiger partial charge is 0.379 e. The SMILES string of the molecule is C=CC(=O)N1CCN(c2nc(=O)n3c4c(c(-c5cc(Cl)c(F)cc5F)c(Cl)cc24)SC[C@@H](OC)C3)[C@@H](C)C1. The molecule has 1 aromatic heterocycles. The Morgan fingerprint density at radius 1 is 1.18 bits per heavy atom. The van der Waals surface area contributed by atoms with E-state index in [0.29, 0.717) is 52.6 Å². The Labute approximate surface area is 232 Å². The van der Waals surface area contributed by atoms with Crippen LogP contribution in [0.2, 0.25) is 10.0 Å². The zero-order valence-corrected chi connectivity index (χ0v) is 23.0. The van der Waals surface area contributed by atoms with Crippen LogP contribution in [-0.2, 0) is 16.1 Å². The number of carbonyl (C=O) groups excluding carboxylic acids is 1. The average Bonchev–Trinajstić information content (AvgIpc) is 3.09. The summed E-state index contributed by atoms with van der Waals surface area (Å²) in [7, 11) is 1.56. The van der Waals surface area contributed by atoms with Gasteiger partial charge >= 0.3 is 5.69 Å². The molecule has 2 atom stereocenters. The van der Waals surface area contributed by atoms with Crippen LogP contribution in [-0.4, -0.2) is 65.0 Å². The first-order chi connectivity index (χ1) is 18.1. The molecule has 0 N–H and O–H groups in total. The highest BCUT2D eigenvalue weighted by molar-refractivity contribution is 7.99. The lowest BCUT2D eigenvalue weighted by Gasteiger charge is -2.40. The molecule has 3 aromatic rings. The fraction of sp³-hybridized carbons (Fsp3) is 0.346. The van der Waals surface area contributed by atoms with Gasteiger partial charge in [0, 0.05) is 66.0 Å². The number of thioether (sulfide) groups is 1. The van der Waals surface area contributed by atoms with E-state index in [4.69, 9.17) is 27.9 Å². The second kappa shape index (κ2) is 10.5. The second-order valence-electron chi connectivity index (χ2n) is 9.23. The van der Waals surface area contributed by atoms with Crippen LogP contribution in [0.4, 0.5) is 14.6 Å². The lowest BCUT2D eigenvalue weighted by atomic mass is 10.0. The van der Waals surface area contributed by atoms with Crippen LogP contribution in [0, 0.1) is 11.6 Å². The van der Waals surface area contributed by atoms with Crippen molar-refractivity contribution < 1.29 is 18.3 Å². The summed E-state index contributed by atoms with van der Waals surface area (Å²) in [5.41, 5.74) is 0.408. The minimum Gasteiger partial charge on any atom is -0.379 e. The van der Waals surface area contributed by atoms with Crippen LogP contribution >= 0.6 is 35.0 Å². The highest BCUT2D eigenvalue weighted by atomic mass is 35.5. The highest BCUT2D eigenvalue weighted by Gasteiger charge is 2.32. The van der Waals surface area contributed by atoms with E-state index in [1.165, 1.54) is 28.5 Å². The van der Waals surface area contributed by atoms with Crippen molar-refractivity contribution >= 4 is 57.6 Å². The van der Waals surface area contributed by atoms with Gasteiger partial charge in [0.1, 0.15) is 17.5 Å². The smallest absolute Gasteiger partial charge is 0.350 e. The molecular weight excluding hydrogens is 557 g/mol. The topological polar surface area (TPSA) is 67.7 Å². The van der Waals surface area contributed by atoms with E-state index in [2.05, 4.69) is 11.6 Å². The minimum atomic E-state index is -0.880. The molecule has 0 spiro atoms. The summed E-state index contributed by atoms with van der Waals surface area (Å²) < 4.78 is 36.2. The molecule has 5 rings (SSSR count). The van der Waals surface area contributed by atoms with Crippen molar-refractivity contribution in [3.63, 3.8) is 0 Å². The third-order valence-corrected chi connectivity index (χ3v) is 8.76. The highest BCUT2D eigenvalue weighted by Crippen LogP contribution is 2.46. The number of ether oxygens (including phenoxy) is 1. The van der Waals surface area contributed by atoms with E-state index in [1.54, 1.807) is 18.1 Å². The Kier molecular flexibility index (Phi) is 7.43. The van der Waals surface area contributed by atoms with Crippen LogP contribution in [0.5, 0.6) is 0 Å². The molecule has 200 valence electrons. The number of hydrogen-bond acceptors (Lipinski definition) is 6. The summed E-state index contributed by atoms with van der Waals surface area (Å²) in [5, 5.41) is 0.576. The molecule has 0 radical (unpaired) electrons. The predicted molar refractivity (Wildman–Crippen MR) is 146 cm³/mol. The fourth-order valence-electron chi connectivity index (χ4n) is 5.03. The molecule has 1 saturated heterocycles. The van der Waals surface area contributed by atoms with Gasteiger partial charge in [-0.05, 0) is 25.1 Å². The lowest BCUT2D eigenvalue weighted by Crippen LogP contribution is -2.54. The number of carbonyl (C=O) groups is 1. The molecule has 0 unspecified atom stereocenters. The molecule has 12 heteroatoms. The van der Waals surface area contributed by atoms with E-state index in [9.17, 15) is 14.0 Å². The van der Waals surface area contributed by atoms with Crippen molar-refractivity contribution in [2.24, 2.45) is 0 Å². The number of hydrogen-bond donors (Lipinski definition) is 0. The van der Waals surface area contributed by atoms with Crippen LogP contribution in [0.25, 0.3) is 22.0 Å². The van der Waals surface area contributed by atoms with E-state index >= 15 is 4.39 Å². The van der Waals surface area contributed by atoms with Crippen LogP contribution in [0.15, 0.2) is 40.5 Å². The maximum atomic E-state index is 15.1. The summed E-state index contributed by atoms with van der Waals surface area (Å²) in [6.45, 7) is 7.05. The summed E-state index contributed by atoms with van der Waals surface area (Å²) in [4.78, 5) is 34.3. The van der Waals surface area contributed by atoms with Gasteiger partial charge in [-0.2, -0.15) is 4.98 Å². The number of aromatic nitrogens is 2. The summed E-state index contributed by atoms with van der Waals surface area (Å²) >= 11 is 14.2. The lowest BCUT2D eigenvalue weighted by molar-refractivity contribution is -0.126. The number of methoxy groups -OCH3 is 1. The number of piperazine rings is 1. The van der Waals surface area contributed by atoms with Crippen molar-refractivity contribution in [3.05, 3.63) is 63.0 Å². The van der Waals surface area contributed by atoms with Gasteiger partial charge in [0.15, 0.2) is 0 Å². The maximum Gasteiger partial charge on any atom is 0.350 e. The third-order valence-electron chi connectivity index (χ3n) is 6.95. The monoisotopic (exact) mass is 580 g/mol. The third kappa shape index (κ3) is 4.57. The van der Waals surface area contributed by atoms with Crippen molar-refractivity contribution in [3.8, 4) is 11.1 Å². The molecule has 7 nitrogen and oxygen atoms in total. The molecule has 0 saturated carbocycles. The first-order valence-electron chi connectivity index (χ1n) is 11.9. The van der Waals surface area contributed by atoms with Gasteiger partial charge in [-0.3, -0.25) is 9.36 Å². The maximum absolute atomic E-state index is 15.1. The Hall–Kier alpha value is -2.66. The molecule has 2 aromatic carbocycles. The van der Waals surface area contributed by atoms with Crippen molar-refractivity contribution in [2.75, 3.05) is 37.4 Å². The quantitative estimate of drug-likeness (QED) is 0.320. The molecular formula is C26H24Cl2F2N4O3S. The van der Waals surface area contributed by atoms with Crippen molar-refractivity contribution in [2.45, 2.75) is 30.5 Å². The molecule has 0 aliphatic carbocycles. The van der Waals surface area contributed by atoms with Gasteiger partial charge < -0.3 is 14.5 Å². The summed E-state index contributed by atoms with van der Waals surface area (Å²) in [5.74, 6) is -0.965. The van der Waals surface area contributed by atoms with E-state index in [-0.39, 0.29) is 40.2 Å². The first kappa shape index (κ1) is 26.9. The van der Waals surface area contributed by atoms with E-state index < -0.39 is 17.3 Å². The number of anilines is 1. The molecule has 1 fully saturated rings. The molecule has 1 amide bonds. The zero-order valence-electron chi connectivity index (χ0n) is 20.6. The van der Waals surface area contributed by atoms with Crippen molar-refractivity contribution in [1.82, 2.24) is 14.5 Å². The number of halogens is 4. The number of nitrogens with zero attached hydrogens (tertiary/aromatic N) is 4. The normalized spacial score (nSPS) is 19.5. The van der Waals surface area contributed by atoms with Crippen molar-refractivity contribution in [1.29, 1.82) is 0 Å². The van der Waals surface area contributed by atoms with Gasteiger partial charge in [-0.25, -0.2) is 13.6 Å². The van der Waals surface area contributed by atoms with Gasteiger partial charge in [0.05, 0.1) is 28.2 Å². The fourth-order valence-corrected chi connectivity index (χ4v) is 6.87. The number of benzene rings is 2. The summed E-state index contributed by atoms with van der Waals surface area (Å²) in [6, 6.07) is 3.43. The summed E-state index contributed by atoms with van der Waals surface area (Å²) in [6.07, 6.45) is 0.964. The standard InChI is InChI=1S/C26H24Cl2F2N4O3S/c1-4-21(35)32-5-6-33(13(2)10-32)25-16-8-18(28)22(15-7-17(27)20(30)9-19(15)29)24-23(16)34(26(36)31-25)11-14(37-3)12-38-24/h4,7-9,13-14H,1,5-6,10-12H2,2-3H3/t13-,14-/m0/s1. The molecule has 38 heavy (non-hydrogen) atoms. The van der Waals surface area contributed by atoms with E-state index in [0.717, 1.165) is 6.07 Å². The minimum absolute atomic E-state index is 0.0314.